The van der Waals surface area contributed by atoms with Crippen molar-refractivity contribution in [2.75, 3.05) is 26.2 Å². The molecule has 1 atom stereocenters. The number of aromatic nitrogens is 2. The molecule has 0 aromatic carbocycles. The summed E-state index contributed by atoms with van der Waals surface area (Å²) in [5, 5.41) is 9.17. The number of nitrogens with zero attached hydrogens (tertiary/aromatic N) is 3. The van der Waals surface area contributed by atoms with Gasteiger partial charge >= 0.3 is 0 Å². The van der Waals surface area contributed by atoms with Gasteiger partial charge in [-0.2, -0.15) is 5.10 Å². The number of nitrogens with one attached hydrogen (secondary N) is 1. The first kappa shape index (κ1) is 16.9. The van der Waals surface area contributed by atoms with Crippen LogP contribution in [0.25, 0.3) is 0 Å². The Balaban J connectivity index is 1.58. The standard InChI is InChI=1S/C18H24N4OS/c1-2-9-22(13-16-6-4-11-24-16)18(23)14-21-10-3-5-15(12-21)17-7-8-19-20-17/h2,4,6-8,11,15H,1,3,5,9-10,12-14H2,(H,19,20)/t15-/m0/s1. The lowest BCUT2D eigenvalue weighted by molar-refractivity contribution is -0.132. The summed E-state index contributed by atoms with van der Waals surface area (Å²) in [6, 6.07) is 6.14. The summed E-state index contributed by atoms with van der Waals surface area (Å²) in [5.74, 6) is 0.618. The molecule has 0 unspecified atom stereocenters. The van der Waals surface area contributed by atoms with Crippen LogP contribution < -0.4 is 0 Å². The van der Waals surface area contributed by atoms with Crippen LogP contribution in [0, 0.1) is 0 Å². The van der Waals surface area contributed by atoms with Crippen molar-refractivity contribution in [3.8, 4) is 0 Å². The van der Waals surface area contributed by atoms with Crippen LogP contribution in [-0.4, -0.2) is 52.1 Å². The molecule has 1 aliphatic rings. The highest BCUT2D eigenvalue weighted by molar-refractivity contribution is 7.09. The minimum Gasteiger partial charge on any atom is -0.333 e. The third-order valence-electron chi connectivity index (χ3n) is 4.46. The van der Waals surface area contributed by atoms with Gasteiger partial charge in [0.25, 0.3) is 0 Å². The van der Waals surface area contributed by atoms with Gasteiger partial charge < -0.3 is 4.90 Å². The smallest absolute Gasteiger partial charge is 0.237 e. The molecule has 1 amide bonds. The number of hydrogen-bond donors (Lipinski definition) is 1. The van der Waals surface area contributed by atoms with Gasteiger partial charge in [-0.3, -0.25) is 14.8 Å². The van der Waals surface area contributed by atoms with E-state index in [-0.39, 0.29) is 5.91 Å². The highest BCUT2D eigenvalue weighted by Crippen LogP contribution is 2.25. The maximum atomic E-state index is 12.7. The fourth-order valence-electron chi connectivity index (χ4n) is 3.24. The molecule has 3 rings (SSSR count). The third kappa shape index (κ3) is 4.33. The second-order valence-corrected chi connectivity index (χ2v) is 7.26. The van der Waals surface area contributed by atoms with Gasteiger partial charge in [-0.05, 0) is 36.9 Å². The number of H-pyrrole nitrogens is 1. The predicted molar refractivity (Wildman–Crippen MR) is 96.9 cm³/mol. The molecule has 1 N–H and O–H groups in total. The summed E-state index contributed by atoms with van der Waals surface area (Å²) in [6.45, 7) is 7.42. The highest BCUT2D eigenvalue weighted by atomic mass is 32.1. The molecular weight excluding hydrogens is 320 g/mol. The zero-order chi connectivity index (χ0) is 16.8. The Labute approximate surface area is 147 Å². The molecule has 1 fully saturated rings. The lowest BCUT2D eigenvalue weighted by Gasteiger charge is -2.33. The Morgan fingerprint density at radius 1 is 1.54 bits per heavy atom. The maximum absolute atomic E-state index is 12.7. The highest BCUT2D eigenvalue weighted by Gasteiger charge is 2.25. The minimum absolute atomic E-state index is 0.175. The molecule has 0 spiro atoms. The van der Waals surface area contributed by atoms with Crippen molar-refractivity contribution in [1.29, 1.82) is 0 Å². The molecular formula is C18H24N4OS. The van der Waals surface area contributed by atoms with Gasteiger partial charge in [0.15, 0.2) is 0 Å². The normalized spacial score (nSPS) is 18.4. The molecule has 3 heterocycles. The van der Waals surface area contributed by atoms with Crippen LogP contribution >= 0.6 is 11.3 Å². The van der Waals surface area contributed by atoms with Crippen molar-refractivity contribution in [3.05, 3.63) is 53.0 Å². The molecule has 1 saturated heterocycles. The number of carbonyl (C=O) groups excluding carboxylic acids is 1. The van der Waals surface area contributed by atoms with E-state index in [4.69, 9.17) is 0 Å². The Morgan fingerprint density at radius 2 is 2.46 bits per heavy atom. The van der Waals surface area contributed by atoms with Crippen molar-refractivity contribution in [1.82, 2.24) is 20.0 Å². The number of carbonyl (C=O) groups is 1. The Kier molecular flexibility index (Phi) is 5.82. The summed E-state index contributed by atoms with van der Waals surface area (Å²) in [6.07, 6.45) is 5.86. The SMILES string of the molecule is C=CCN(Cc1cccs1)C(=O)CN1CCC[C@H](c2ccn[nH]2)C1. The molecule has 128 valence electrons. The van der Waals surface area contributed by atoms with Gasteiger partial charge in [0.2, 0.25) is 5.91 Å². The average molecular weight is 344 g/mol. The van der Waals surface area contributed by atoms with E-state index in [9.17, 15) is 4.79 Å². The van der Waals surface area contributed by atoms with Crippen molar-refractivity contribution in [2.45, 2.75) is 25.3 Å². The van der Waals surface area contributed by atoms with Crippen molar-refractivity contribution in [3.63, 3.8) is 0 Å². The minimum atomic E-state index is 0.175. The number of hydrogen-bond acceptors (Lipinski definition) is 4. The fourth-order valence-corrected chi connectivity index (χ4v) is 3.96. The number of likely N-dealkylation sites (tertiary alicyclic amines) is 1. The van der Waals surface area contributed by atoms with E-state index in [1.807, 2.05) is 22.4 Å². The van der Waals surface area contributed by atoms with Gasteiger partial charge in [0.05, 0.1) is 13.1 Å². The molecule has 5 nitrogen and oxygen atoms in total. The molecule has 6 heteroatoms. The third-order valence-corrected chi connectivity index (χ3v) is 5.32. The zero-order valence-electron chi connectivity index (χ0n) is 13.9. The first-order valence-electron chi connectivity index (χ1n) is 8.39. The van der Waals surface area contributed by atoms with Crippen molar-refractivity contribution in [2.24, 2.45) is 0 Å². The van der Waals surface area contributed by atoms with E-state index in [1.165, 1.54) is 10.6 Å². The van der Waals surface area contributed by atoms with Crippen LogP contribution in [0.4, 0.5) is 0 Å². The van der Waals surface area contributed by atoms with E-state index in [1.54, 1.807) is 23.6 Å². The van der Waals surface area contributed by atoms with E-state index in [0.29, 0.717) is 25.6 Å². The maximum Gasteiger partial charge on any atom is 0.237 e. The molecule has 1 aliphatic heterocycles. The summed E-state index contributed by atoms with van der Waals surface area (Å²) >= 11 is 1.69. The summed E-state index contributed by atoms with van der Waals surface area (Å²) < 4.78 is 0. The number of amides is 1. The largest absolute Gasteiger partial charge is 0.333 e. The second-order valence-electron chi connectivity index (χ2n) is 6.23. The zero-order valence-corrected chi connectivity index (χ0v) is 14.7. The topological polar surface area (TPSA) is 52.2 Å². The lowest BCUT2D eigenvalue weighted by atomic mass is 9.95. The summed E-state index contributed by atoms with van der Waals surface area (Å²) in [4.78, 5) is 18.1. The summed E-state index contributed by atoms with van der Waals surface area (Å²) in [5.41, 5.74) is 1.17. The van der Waals surface area contributed by atoms with E-state index in [0.717, 1.165) is 25.9 Å². The van der Waals surface area contributed by atoms with Crippen LogP contribution in [0.2, 0.25) is 0 Å². The molecule has 0 bridgehead atoms. The van der Waals surface area contributed by atoms with Gasteiger partial charge in [-0.15, -0.1) is 17.9 Å². The Hall–Kier alpha value is -1.92. The predicted octanol–water partition coefficient (Wildman–Crippen LogP) is 2.87. The monoisotopic (exact) mass is 344 g/mol. The number of rotatable bonds is 7. The quantitative estimate of drug-likeness (QED) is 0.786. The molecule has 0 aliphatic carbocycles. The van der Waals surface area contributed by atoms with Gasteiger partial charge in [-0.25, -0.2) is 0 Å². The Morgan fingerprint density at radius 3 is 3.17 bits per heavy atom. The van der Waals surface area contributed by atoms with Crippen LogP contribution in [0.3, 0.4) is 0 Å². The van der Waals surface area contributed by atoms with Crippen molar-refractivity contribution < 1.29 is 4.79 Å². The first-order chi connectivity index (χ1) is 11.8. The van der Waals surface area contributed by atoms with Crippen LogP contribution in [0.5, 0.6) is 0 Å². The molecule has 0 saturated carbocycles. The molecule has 2 aromatic heterocycles. The molecule has 0 radical (unpaired) electrons. The van der Waals surface area contributed by atoms with Crippen LogP contribution in [-0.2, 0) is 11.3 Å². The van der Waals surface area contributed by atoms with Crippen LogP contribution in [0.1, 0.15) is 29.3 Å². The first-order valence-corrected chi connectivity index (χ1v) is 9.27. The number of aromatic amines is 1. The summed E-state index contributed by atoms with van der Waals surface area (Å²) in [7, 11) is 0. The number of piperidine rings is 1. The van der Waals surface area contributed by atoms with Gasteiger partial charge in [-0.1, -0.05) is 12.1 Å². The lowest BCUT2D eigenvalue weighted by Crippen LogP contribution is -2.43. The van der Waals surface area contributed by atoms with E-state index >= 15 is 0 Å². The Bertz CT molecular complexity index is 638. The second kappa shape index (κ2) is 8.26. The molecule has 24 heavy (non-hydrogen) atoms. The van der Waals surface area contributed by atoms with Gasteiger partial charge in [0.1, 0.15) is 0 Å². The van der Waals surface area contributed by atoms with E-state index in [2.05, 4.69) is 27.7 Å². The van der Waals surface area contributed by atoms with Crippen LogP contribution in [0.15, 0.2) is 42.4 Å². The van der Waals surface area contributed by atoms with E-state index < -0.39 is 0 Å². The molecule has 2 aromatic rings. The average Bonchev–Trinajstić information content (AvgIpc) is 3.28. The van der Waals surface area contributed by atoms with Crippen molar-refractivity contribution >= 4 is 17.2 Å². The fraction of sp³-hybridized carbons (Fsp3) is 0.444. The van der Waals surface area contributed by atoms with Gasteiger partial charge in [0, 0.05) is 35.8 Å². The number of thiophene rings is 1.